The number of carbonyl (C=O) groups excluding carboxylic acids is 1. The van der Waals surface area contributed by atoms with Gasteiger partial charge in [0, 0.05) is 31.2 Å². The van der Waals surface area contributed by atoms with Crippen LogP contribution in [-0.2, 0) is 4.74 Å². The van der Waals surface area contributed by atoms with Gasteiger partial charge in [-0.1, -0.05) is 11.6 Å². The highest BCUT2D eigenvalue weighted by Gasteiger charge is 2.28. The Bertz CT molecular complexity index is 1060. The molecular formula is C18H20ClFN6O2. The summed E-state index contributed by atoms with van der Waals surface area (Å²) in [5.74, 6) is 0.0156. The van der Waals surface area contributed by atoms with E-state index in [2.05, 4.69) is 15.2 Å². The Balaban J connectivity index is 1.63. The number of hydrogen-bond acceptors (Lipinski definition) is 6. The summed E-state index contributed by atoms with van der Waals surface area (Å²) in [6, 6.07) is 2.87. The van der Waals surface area contributed by atoms with Crippen molar-refractivity contribution in [1.29, 1.82) is 0 Å². The van der Waals surface area contributed by atoms with Crippen LogP contribution in [0.1, 0.15) is 20.8 Å². The summed E-state index contributed by atoms with van der Waals surface area (Å²) in [7, 11) is 0. The molecule has 0 saturated carbocycles. The molecule has 28 heavy (non-hydrogen) atoms. The predicted octanol–water partition coefficient (Wildman–Crippen LogP) is 3.13. The molecule has 10 heteroatoms. The van der Waals surface area contributed by atoms with Crippen LogP contribution in [0.5, 0.6) is 0 Å². The van der Waals surface area contributed by atoms with Gasteiger partial charge in [-0.25, -0.2) is 14.2 Å². The Hall–Kier alpha value is -2.68. The highest BCUT2D eigenvalue weighted by atomic mass is 35.5. The number of nitrogens with zero attached hydrogens (tertiary/aromatic N) is 6. The van der Waals surface area contributed by atoms with Gasteiger partial charge in [0.15, 0.2) is 11.6 Å². The molecule has 2 aromatic heterocycles. The lowest BCUT2D eigenvalue weighted by molar-refractivity contribution is 0.0240. The van der Waals surface area contributed by atoms with E-state index < -0.39 is 11.4 Å². The van der Waals surface area contributed by atoms with E-state index in [1.165, 1.54) is 12.4 Å². The minimum Gasteiger partial charge on any atom is -0.444 e. The number of ether oxygens (including phenoxy) is 1. The Morgan fingerprint density at radius 1 is 1.21 bits per heavy atom. The molecule has 1 aliphatic rings. The number of piperazine rings is 1. The third kappa shape index (κ3) is 3.42. The summed E-state index contributed by atoms with van der Waals surface area (Å²) in [6.45, 7) is 7.50. The van der Waals surface area contributed by atoms with Crippen LogP contribution in [0.25, 0.3) is 16.7 Å². The van der Waals surface area contributed by atoms with E-state index in [1.807, 2.05) is 25.7 Å². The molecule has 0 bridgehead atoms. The van der Waals surface area contributed by atoms with Crippen molar-refractivity contribution in [3.8, 4) is 0 Å². The summed E-state index contributed by atoms with van der Waals surface area (Å²) in [4.78, 5) is 20.4. The number of fused-ring (bicyclic) bond motifs is 3. The van der Waals surface area contributed by atoms with Crippen LogP contribution in [0.15, 0.2) is 18.5 Å². The molecular weight excluding hydrogens is 387 g/mol. The molecule has 8 nitrogen and oxygen atoms in total. The maximum atomic E-state index is 14.5. The number of benzene rings is 1. The average molecular weight is 407 g/mol. The summed E-state index contributed by atoms with van der Waals surface area (Å²) < 4.78 is 21.6. The maximum absolute atomic E-state index is 14.5. The van der Waals surface area contributed by atoms with E-state index in [0.29, 0.717) is 43.2 Å². The van der Waals surface area contributed by atoms with Crippen molar-refractivity contribution >= 4 is 40.2 Å². The molecule has 3 aromatic rings. The Morgan fingerprint density at radius 2 is 1.93 bits per heavy atom. The van der Waals surface area contributed by atoms with Crippen molar-refractivity contribution in [3.05, 3.63) is 29.3 Å². The number of rotatable bonds is 1. The zero-order valence-corrected chi connectivity index (χ0v) is 16.6. The van der Waals surface area contributed by atoms with Crippen molar-refractivity contribution in [1.82, 2.24) is 24.5 Å². The molecule has 0 radical (unpaired) electrons. The van der Waals surface area contributed by atoms with E-state index in [9.17, 15) is 9.18 Å². The second-order valence-electron chi connectivity index (χ2n) is 7.67. The van der Waals surface area contributed by atoms with Crippen molar-refractivity contribution < 1.29 is 13.9 Å². The molecule has 148 valence electrons. The second kappa shape index (κ2) is 6.73. The van der Waals surface area contributed by atoms with Crippen LogP contribution in [0, 0.1) is 5.82 Å². The normalized spacial score (nSPS) is 15.5. The third-order valence-corrected chi connectivity index (χ3v) is 4.68. The first kappa shape index (κ1) is 18.7. The van der Waals surface area contributed by atoms with Crippen molar-refractivity contribution in [2.24, 2.45) is 0 Å². The molecule has 0 aliphatic carbocycles. The monoisotopic (exact) mass is 406 g/mol. The molecule has 1 fully saturated rings. The molecule has 1 saturated heterocycles. The topological polar surface area (TPSA) is 75.9 Å². The van der Waals surface area contributed by atoms with E-state index in [0.717, 1.165) is 0 Å². The molecule has 0 unspecified atom stereocenters. The van der Waals surface area contributed by atoms with E-state index in [-0.39, 0.29) is 16.6 Å². The van der Waals surface area contributed by atoms with Crippen LogP contribution in [0.4, 0.5) is 15.0 Å². The lowest BCUT2D eigenvalue weighted by atomic mass is 10.2. The molecule has 0 N–H and O–H groups in total. The minimum absolute atomic E-state index is 0.196. The van der Waals surface area contributed by atoms with Gasteiger partial charge >= 0.3 is 6.09 Å². The summed E-state index contributed by atoms with van der Waals surface area (Å²) in [5, 5.41) is 8.37. The summed E-state index contributed by atoms with van der Waals surface area (Å²) in [6.07, 6.45) is 1.17. The fraction of sp³-hybridized carbons (Fsp3) is 0.444. The highest BCUT2D eigenvalue weighted by molar-refractivity contribution is 6.31. The SMILES string of the molecule is CC(C)(C)OC(=O)N1CCN(c2nc3c(F)cc(Cl)cc3n3cnnc23)CC1. The molecule has 1 amide bonds. The zero-order valence-electron chi connectivity index (χ0n) is 15.8. The first-order chi connectivity index (χ1) is 13.2. The molecule has 3 heterocycles. The second-order valence-corrected chi connectivity index (χ2v) is 8.11. The van der Waals surface area contributed by atoms with Gasteiger partial charge in [-0.3, -0.25) is 4.40 Å². The fourth-order valence-corrected chi connectivity index (χ4v) is 3.40. The van der Waals surface area contributed by atoms with Gasteiger partial charge in [-0.15, -0.1) is 10.2 Å². The van der Waals surface area contributed by atoms with Crippen LogP contribution in [0.2, 0.25) is 5.02 Å². The number of halogens is 2. The van der Waals surface area contributed by atoms with Crippen LogP contribution in [0.3, 0.4) is 0 Å². The van der Waals surface area contributed by atoms with E-state index in [1.54, 1.807) is 15.4 Å². The Morgan fingerprint density at radius 3 is 2.61 bits per heavy atom. The van der Waals surface area contributed by atoms with Crippen molar-refractivity contribution in [2.45, 2.75) is 26.4 Å². The van der Waals surface area contributed by atoms with Gasteiger partial charge in [-0.05, 0) is 32.9 Å². The van der Waals surface area contributed by atoms with Gasteiger partial charge in [0.1, 0.15) is 17.4 Å². The number of carbonyl (C=O) groups is 1. The smallest absolute Gasteiger partial charge is 0.410 e. The molecule has 0 atom stereocenters. The number of aromatic nitrogens is 4. The molecule has 1 aliphatic heterocycles. The molecule has 4 rings (SSSR count). The number of anilines is 1. The van der Waals surface area contributed by atoms with Crippen LogP contribution >= 0.6 is 11.6 Å². The Labute approximate surface area is 165 Å². The molecule has 1 aromatic carbocycles. The van der Waals surface area contributed by atoms with Gasteiger partial charge < -0.3 is 14.5 Å². The number of amides is 1. The first-order valence-electron chi connectivity index (χ1n) is 8.94. The Kier molecular flexibility index (Phi) is 4.49. The molecule has 0 spiro atoms. The minimum atomic E-state index is -0.541. The maximum Gasteiger partial charge on any atom is 0.410 e. The third-order valence-electron chi connectivity index (χ3n) is 4.46. The van der Waals surface area contributed by atoms with E-state index in [4.69, 9.17) is 16.3 Å². The van der Waals surface area contributed by atoms with Crippen molar-refractivity contribution in [3.63, 3.8) is 0 Å². The standard InChI is InChI=1S/C18H20ClFN6O2/c1-18(2,3)28-17(27)25-6-4-24(5-7-25)15-16-23-21-10-26(16)13-9-11(19)8-12(20)14(13)22-15/h8-10H,4-7H2,1-3H3. The van der Waals surface area contributed by atoms with Gasteiger partial charge in [0.2, 0.25) is 5.65 Å². The quantitative estimate of drug-likeness (QED) is 0.618. The van der Waals surface area contributed by atoms with Crippen LogP contribution < -0.4 is 4.90 Å². The summed E-state index contributed by atoms with van der Waals surface area (Å²) >= 11 is 5.99. The van der Waals surface area contributed by atoms with Gasteiger partial charge in [-0.2, -0.15) is 0 Å². The zero-order chi connectivity index (χ0) is 20.1. The predicted molar refractivity (Wildman–Crippen MR) is 103 cm³/mol. The number of hydrogen-bond donors (Lipinski definition) is 0. The lowest BCUT2D eigenvalue weighted by Gasteiger charge is -2.36. The fourth-order valence-electron chi connectivity index (χ4n) is 3.21. The first-order valence-corrected chi connectivity index (χ1v) is 9.32. The van der Waals surface area contributed by atoms with Crippen LogP contribution in [-0.4, -0.2) is 62.4 Å². The van der Waals surface area contributed by atoms with Gasteiger partial charge in [0.25, 0.3) is 0 Å². The average Bonchev–Trinajstić information content (AvgIpc) is 3.10. The highest BCUT2D eigenvalue weighted by Crippen LogP contribution is 2.28. The van der Waals surface area contributed by atoms with Crippen molar-refractivity contribution in [2.75, 3.05) is 31.1 Å². The summed E-state index contributed by atoms with van der Waals surface area (Å²) in [5.41, 5.74) is 0.669. The lowest BCUT2D eigenvalue weighted by Crippen LogP contribution is -2.50. The van der Waals surface area contributed by atoms with Gasteiger partial charge in [0.05, 0.1) is 5.52 Å². The van der Waals surface area contributed by atoms with E-state index >= 15 is 0 Å². The largest absolute Gasteiger partial charge is 0.444 e.